The normalized spacial score (nSPS) is 11.9. The van der Waals surface area contributed by atoms with Gasteiger partial charge in [-0.3, -0.25) is 14.7 Å². The first-order valence-electron chi connectivity index (χ1n) is 7.21. The van der Waals surface area contributed by atoms with Crippen molar-refractivity contribution in [2.75, 3.05) is 11.9 Å². The van der Waals surface area contributed by atoms with E-state index in [-0.39, 0.29) is 18.4 Å². The summed E-state index contributed by atoms with van der Waals surface area (Å²) in [6.07, 6.45) is 7.94. The molecule has 0 aliphatic rings. The van der Waals surface area contributed by atoms with Crippen LogP contribution in [0, 0.1) is 5.92 Å². The number of unbranched alkanes of at least 4 members (excludes halogenated alkanes) is 1. The molecular formula is C14H24N4O2. The van der Waals surface area contributed by atoms with Crippen molar-refractivity contribution >= 4 is 17.5 Å². The van der Waals surface area contributed by atoms with E-state index in [1.54, 1.807) is 6.20 Å². The number of H-pyrrole nitrogens is 1. The predicted octanol–water partition coefficient (Wildman–Crippen LogP) is 2.07. The minimum absolute atomic E-state index is 0.00573. The van der Waals surface area contributed by atoms with Crippen LogP contribution < -0.4 is 10.6 Å². The van der Waals surface area contributed by atoms with E-state index in [0.29, 0.717) is 18.0 Å². The van der Waals surface area contributed by atoms with Gasteiger partial charge in [0.25, 0.3) is 0 Å². The lowest BCUT2D eigenvalue weighted by atomic mass is 9.95. The highest BCUT2D eigenvalue weighted by atomic mass is 16.2. The fraction of sp³-hybridized carbons (Fsp3) is 0.643. The SMILES string of the molecule is CCCC[C@@H](CC)CC(=O)NCC(=O)Nc1cn[nH]c1. The van der Waals surface area contributed by atoms with E-state index in [1.807, 2.05) is 0 Å². The number of hydrogen-bond donors (Lipinski definition) is 3. The van der Waals surface area contributed by atoms with E-state index in [2.05, 4.69) is 34.7 Å². The fourth-order valence-corrected chi connectivity index (χ4v) is 1.98. The van der Waals surface area contributed by atoms with Crippen LogP contribution >= 0.6 is 0 Å². The number of nitrogens with zero attached hydrogens (tertiary/aromatic N) is 1. The third-order valence-corrected chi connectivity index (χ3v) is 3.25. The molecule has 1 atom stereocenters. The van der Waals surface area contributed by atoms with Crippen LogP contribution in [0.1, 0.15) is 46.0 Å². The molecule has 0 radical (unpaired) electrons. The average Bonchev–Trinajstić information content (AvgIpc) is 2.94. The summed E-state index contributed by atoms with van der Waals surface area (Å²) in [6.45, 7) is 4.24. The Hall–Kier alpha value is -1.85. The minimum atomic E-state index is -0.249. The number of aromatic amines is 1. The van der Waals surface area contributed by atoms with Gasteiger partial charge < -0.3 is 10.6 Å². The monoisotopic (exact) mass is 280 g/mol. The Morgan fingerprint density at radius 1 is 1.35 bits per heavy atom. The number of aromatic nitrogens is 2. The molecular weight excluding hydrogens is 256 g/mol. The molecule has 2 amide bonds. The zero-order chi connectivity index (χ0) is 14.8. The Labute approximate surface area is 119 Å². The summed E-state index contributed by atoms with van der Waals surface area (Å²) in [5.74, 6) is 0.100. The molecule has 0 aromatic carbocycles. The Kier molecular flexibility index (Phi) is 7.39. The van der Waals surface area contributed by atoms with Crippen molar-refractivity contribution in [3.05, 3.63) is 12.4 Å². The molecule has 0 spiro atoms. The van der Waals surface area contributed by atoms with Crippen molar-refractivity contribution in [2.24, 2.45) is 5.92 Å². The molecule has 0 saturated heterocycles. The van der Waals surface area contributed by atoms with Gasteiger partial charge in [-0.15, -0.1) is 0 Å². The zero-order valence-electron chi connectivity index (χ0n) is 12.2. The summed E-state index contributed by atoms with van der Waals surface area (Å²) in [5.41, 5.74) is 0.596. The second-order valence-corrected chi connectivity index (χ2v) is 4.93. The smallest absolute Gasteiger partial charge is 0.243 e. The highest BCUT2D eigenvalue weighted by Gasteiger charge is 2.12. The van der Waals surface area contributed by atoms with Gasteiger partial charge in [0.05, 0.1) is 18.4 Å². The first-order chi connectivity index (χ1) is 9.65. The van der Waals surface area contributed by atoms with Gasteiger partial charge in [0.15, 0.2) is 0 Å². The van der Waals surface area contributed by atoms with E-state index < -0.39 is 0 Å². The minimum Gasteiger partial charge on any atom is -0.347 e. The summed E-state index contributed by atoms with van der Waals surface area (Å²) in [6, 6.07) is 0. The van der Waals surface area contributed by atoms with Gasteiger partial charge in [-0.05, 0) is 12.3 Å². The quantitative estimate of drug-likeness (QED) is 0.647. The van der Waals surface area contributed by atoms with Crippen molar-refractivity contribution in [3.63, 3.8) is 0 Å². The molecule has 0 saturated carbocycles. The number of nitrogens with one attached hydrogen (secondary N) is 3. The first kappa shape index (κ1) is 16.2. The van der Waals surface area contributed by atoms with Crippen LogP contribution in [0.2, 0.25) is 0 Å². The van der Waals surface area contributed by atoms with Crippen LogP contribution in [0.4, 0.5) is 5.69 Å². The lowest BCUT2D eigenvalue weighted by Gasteiger charge is -2.13. The maximum absolute atomic E-state index is 11.8. The standard InChI is InChI=1S/C14H24N4O2/c1-3-5-6-11(4-2)7-13(19)15-10-14(20)18-12-8-16-17-9-12/h8-9,11H,3-7,10H2,1-2H3,(H,15,19)(H,16,17)(H,18,20)/t11-/m1/s1. The molecule has 112 valence electrons. The third kappa shape index (κ3) is 6.36. The molecule has 6 heteroatoms. The summed E-state index contributed by atoms with van der Waals surface area (Å²) in [4.78, 5) is 23.3. The molecule has 6 nitrogen and oxygen atoms in total. The van der Waals surface area contributed by atoms with Crippen molar-refractivity contribution in [1.29, 1.82) is 0 Å². The highest BCUT2D eigenvalue weighted by molar-refractivity contribution is 5.94. The van der Waals surface area contributed by atoms with Gasteiger partial charge in [0, 0.05) is 12.6 Å². The van der Waals surface area contributed by atoms with Crippen molar-refractivity contribution in [3.8, 4) is 0 Å². The van der Waals surface area contributed by atoms with E-state index in [1.165, 1.54) is 6.20 Å². The van der Waals surface area contributed by atoms with Crippen molar-refractivity contribution in [2.45, 2.75) is 46.0 Å². The van der Waals surface area contributed by atoms with Crippen molar-refractivity contribution < 1.29 is 9.59 Å². The van der Waals surface area contributed by atoms with Crippen LogP contribution in [0.25, 0.3) is 0 Å². The second-order valence-electron chi connectivity index (χ2n) is 4.93. The fourth-order valence-electron chi connectivity index (χ4n) is 1.98. The highest BCUT2D eigenvalue weighted by Crippen LogP contribution is 2.16. The van der Waals surface area contributed by atoms with Gasteiger partial charge in [-0.1, -0.05) is 33.1 Å². The second kappa shape index (κ2) is 9.12. The average molecular weight is 280 g/mol. The lowest BCUT2D eigenvalue weighted by molar-refractivity contribution is -0.124. The topological polar surface area (TPSA) is 86.9 Å². The first-order valence-corrected chi connectivity index (χ1v) is 7.21. The summed E-state index contributed by atoms with van der Waals surface area (Å²) < 4.78 is 0. The molecule has 0 aliphatic carbocycles. The van der Waals surface area contributed by atoms with E-state index in [4.69, 9.17) is 0 Å². The Balaban J connectivity index is 2.22. The van der Waals surface area contributed by atoms with Gasteiger partial charge >= 0.3 is 0 Å². The van der Waals surface area contributed by atoms with Crippen LogP contribution in [0.15, 0.2) is 12.4 Å². The van der Waals surface area contributed by atoms with Gasteiger partial charge in [-0.2, -0.15) is 5.10 Å². The van der Waals surface area contributed by atoms with Gasteiger partial charge in [0.1, 0.15) is 0 Å². The number of rotatable bonds is 9. The third-order valence-electron chi connectivity index (χ3n) is 3.25. The zero-order valence-corrected chi connectivity index (χ0v) is 12.2. The molecule has 1 rings (SSSR count). The number of carbonyl (C=O) groups excluding carboxylic acids is 2. The van der Waals surface area contributed by atoms with E-state index >= 15 is 0 Å². The maximum atomic E-state index is 11.8. The largest absolute Gasteiger partial charge is 0.347 e. The summed E-state index contributed by atoms with van der Waals surface area (Å²) in [7, 11) is 0. The molecule has 0 fully saturated rings. The molecule has 3 N–H and O–H groups in total. The number of carbonyl (C=O) groups is 2. The molecule has 0 aliphatic heterocycles. The molecule has 0 unspecified atom stereocenters. The predicted molar refractivity (Wildman–Crippen MR) is 78.2 cm³/mol. The maximum Gasteiger partial charge on any atom is 0.243 e. The van der Waals surface area contributed by atoms with Gasteiger partial charge in [-0.25, -0.2) is 0 Å². The lowest BCUT2D eigenvalue weighted by Crippen LogP contribution is -2.33. The van der Waals surface area contributed by atoms with Crippen LogP contribution in [-0.4, -0.2) is 28.6 Å². The molecule has 1 aromatic rings. The molecule has 0 bridgehead atoms. The van der Waals surface area contributed by atoms with E-state index in [0.717, 1.165) is 25.7 Å². The Morgan fingerprint density at radius 3 is 2.75 bits per heavy atom. The number of anilines is 1. The van der Waals surface area contributed by atoms with Crippen molar-refractivity contribution in [1.82, 2.24) is 15.5 Å². The van der Waals surface area contributed by atoms with Crippen LogP contribution in [-0.2, 0) is 9.59 Å². The molecule has 1 aromatic heterocycles. The van der Waals surface area contributed by atoms with Crippen LogP contribution in [0.5, 0.6) is 0 Å². The Morgan fingerprint density at radius 2 is 2.15 bits per heavy atom. The summed E-state index contributed by atoms with van der Waals surface area (Å²) >= 11 is 0. The van der Waals surface area contributed by atoms with Crippen LogP contribution in [0.3, 0.4) is 0 Å². The molecule has 1 heterocycles. The number of amides is 2. The molecule has 20 heavy (non-hydrogen) atoms. The summed E-state index contributed by atoms with van der Waals surface area (Å²) in [5, 5.41) is 11.6. The van der Waals surface area contributed by atoms with E-state index in [9.17, 15) is 9.59 Å². The Bertz CT molecular complexity index is 403. The number of hydrogen-bond acceptors (Lipinski definition) is 3. The van der Waals surface area contributed by atoms with Gasteiger partial charge in [0.2, 0.25) is 11.8 Å².